The van der Waals surface area contributed by atoms with E-state index in [0.717, 1.165) is 5.56 Å². The highest BCUT2D eigenvalue weighted by Crippen LogP contribution is 2.22. The van der Waals surface area contributed by atoms with Crippen molar-refractivity contribution in [1.82, 2.24) is 5.32 Å². The molecule has 1 amide bonds. The van der Waals surface area contributed by atoms with Crippen LogP contribution in [0.5, 0.6) is 0 Å². The van der Waals surface area contributed by atoms with Gasteiger partial charge in [0.25, 0.3) is 0 Å². The molecule has 0 radical (unpaired) electrons. The van der Waals surface area contributed by atoms with Crippen LogP contribution >= 0.6 is 0 Å². The minimum atomic E-state index is -1.21. The number of hydrogen-bond acceptors (Lipinski definition) is 6. The van der Waals surface area contributed by atoms with Crippen molar-refractivity contribution in [2.75, 3.05) is 13.2 Å². The van der Waals surface area contributed by atoms with Crippen molar-refractivity contribution in [1.29, 1.82) is 0 Å². The third-order valence-corrected chi connectivity index (χ3v) is 4.46. The Hall–Kier alpha value is -2.16. The molecule has 2 unspecified atom stereocenters. The summed E-state index contributed by atoms with van der Waals surface area (Å²) in [6, 6.07) is 8.89. The summed E-state index contributed by atoms with van der Waals surface area (Å²) in [7, 11) is 0. The zero-order valence-corrected chi connectivity index (χ0v) is 15.4. The Morgan fingerprint density at radius 2 is 2.15 bits per heavy atom. The van der Waals surface area contributed by atoms with Crippen LogP contribution < -0.4 is 5.32 Å². The summed E-state index contributed by atoms with van der Waals surface area (Å²) in [5.74, 6) is -0.336. The molecule has 9 heteroatoms. The van der Waals surface area contributed by atoms with E-state index >= 15 is 0 Å². The molecule has 0 spiro atoms. The molecule has 1 aromatic carbocycles. The van der Waals surface area contributed by atoms with Crippen molar-refractivity contribution >= 4 is 5.91 Å². The second-order valence-electron chi connectivity index (χ2n) is 6.66. The van der Waals surface area contributed by atoms with Gasteiger partial charge in [-0.1, -0.05) is 35.4 Å². The molecule has 6 atom stereocenters. The number of nitrogens with one attached hydrogen (secondary N) is 1. The van der Waals surface area contributed by atoms with Gasteiger partial charge in [0, 0.05) is 11.0 Å². The summed E-state index contributed by atoms with van der Waals surface area (Å²) in [5, 5.41) is 26.0. The summed E-state index contributed by atoms with van der Waals surface area (Å²) in [6.07, 6.45) is -3.22. The van der Waals surface area contributed by atoms with Gasteiger partial charge >= 0.3 is 0 Å². The topological polar surface area (TPSA) is 137 Å². The Morgan fingerprint density at radius 1 is 1.44 bits per heavy atom. The fraction of sp³-hybridized carbons (Fsp3) is 0.611. The Kier molecular flexibility index (Phi) is 8.02. The molecule has 1 aliphatic rings. The Bertz CT molecular complexity index is 652. The van der Waals surface area contributed by atoms with Gasteiger partial charge in [-0.2, -0.15) is 0 Å². The number of carbonyl (C=O) groups excluding carboxylic acids is 1. The van der Waals surface area contributed by atoms with Crippen LogP contribution in [0.1, 0.15) is 19.4 Å². The summed E-state index contributed by atoms with van der Waals surface area (Å²) in [4.78, 5) is 15.2. The van der Waals surface area contributed by atoms with Crippen LogP contribution in [0, 0.1) is 0 Å². The van der Waals surface area contributed by atoms with E-state index in [1.54, 1.807) is 6.92 Å². The molecular formula is C18H26N4O5. The van der Waals surface area contributed by atoms with Crippen molar-refractivity contribution in [3.63, 3.8) is 0 Å². The molecule has 0 saturated carbocycles. The van der Waals surface area contributed by atoms with Crippen molar-refractivity contribution in [2.45, 2.75) is 56.8 Å². The van der Waals surface area contributed by atoms with Gasteiger partial charge in [-0.05, 0) is 31.4 Å². The van der Waals surface area contributed by atoms with Gasteiger partial charge in [0.2, 0.25) is 5.91 Å². The minimum absolute atomic E-state index is 0.00420. The number of carbonyl (C=O) groups is 1. The highest BCUT2D eigenvalue weighted by Gasteiger charge is 2.41. The Balaban J connectivity index is 1.95. The molecule has 0 aliphatic carbocycles. The summed E-state index contributed by atoms with van der Waals surface area (Å²) >= 11 is 0. The first kappa shape index (κ1) is 21.1. The van der Waals surface area contributed by atoms with E-state index in [1.165, 1.54) is 0 Å². The smallest absolute Gasteiger partial charge is 0.249 e. The highest BCUT2D eigenvalue weighted by atomic mass is 16.6. The standard InChI is InChI=1S/C18H26N4O5/c1-11(8-13-6-4-3-5-7-13)20-18(25)12(2)27-17-14(21-22-19)10-26-15(9-23)16(17)24/h3-7,11-12,14-17,23-24H,8-10H2,1-2H3,(H,20,25)/t11-,12+,14-,15?,16+,17?/m0/s1. The van der Waals surface area contributed by atoms with Gasteiger partial charge in [-0.3, -0.25) is 4.79 Å². The normalized spacial score (nSPS) is 27.3. The highest BCUT2D eigenvalue weighted by molar-refractivity contribution is 5.80. The second-order valence-corrected chi connectivity index (χ2v) is 6.66. The summed E-state index contributed by atoms with van der Waals surface area (Å²) in [6.45, 7) is 3.05. The van der Waals surface area contributed by atoms with Crippen LogP contribution in [-0.2, 0) is 20.7 Å². The predicted molar refractivity (Wildman–Crippen MR) is 97.9 cm³/mol. The van der Waals surface area contributed by atoms with Gasteiger partial charge in [-0.25, -0.2) is 0 Å². The van der Waals surface area contributed by atoms with Crippen molar-refractivity contribution in [2.24, 2.45) is 5.11 Å². The first-order valence-electron chi connectivity index (χ1n) is 8.90. The van der Waals surface area contributed by atoms with Crippen molar-refractivity contribution in [3.8, 4) is 0 Å². The van der Waals surface area contributed by atoms with Gasteiger partial charge in [0.15, 0.2) is 0 Å². The monoisotopic (exact) mass is 378 g/mol. The maximum absolute atomic E-state index is 12.4. The third-order valence-electron chi connectivity index (χ3n) is 4.46. The van der Waals surface area contributed by atoms with Crippen LogP contribution in [0.3, 0.4) is 0 Å². The molecule has 0 bridgehead atoms. The summed E-state index contributed by atoms with van der Waals surface area (Å²) < 4.78 is 11.0. The molecular weight excluding hydrogens is 352 g/mol. The SMILES string of the molecule is C[C@@H](Cc1ccccc1)NC(=O)[C@@H](C)OC1[C@H](O)C(CO)OC[C@@H]1N=[N+]=[N-]. The van der Waals surface area contributed by atoms with Crippen molar-refractivity contribution < 1.29 is 24.5 Å². The number of aliphatic hydroxyl groups excluding tert-OH is 2. The number of azide groups is 1. The molecule has 1 aliphatic heterocycles. The number of rotatable bonds is 8. The molecule has 148 valence electrons. The molecule has 1 heterocycles. The zero-order chi connectivity index (χ0) is 19.8. The van der Waals surface area contributed by atoms with E-state index in [4.69, 9.17) is 15.0 Å². The molecule has 1 fully saturated rings. The molecule has 0 aromatic heterocycles. The largest absolute Gasteiger partial charge is 0.394 e. The van der Waals surface area contributed by atoms with E-state index in [1.807, 2.05) is 37.3 Å². The van der Waals surface area contributed by atoms with E-state index in [0.29, 0.717) is 6.42 Å². The minimum Gasteiger partial charge on any atom is -0.394 e. The average Bonchev–Trinajstić information content (AvgIpc) is 2.65. The molecule has 9 nitrogen and oxygen atoms in total. The fourth-order valence-electron chi connectivity index (χ4n) is 3.03. The lowest BCUT2D eigenvalue weighted by Crippen LogP contribution is -2.56. The Morgan fingerprint density at radius 3 is 2.78 bits per heavy atom. The van der Waals surface area contributed by atoms with Crippen molar-refractivity contribution in [3.05, 3.63) is 46.3 Å². The molecule has 27 heavy (non-hydrogen) atoms. The lowest BCUT2D eigenvalue weighted by molar-refractivity contribution is -0.187. The number of ether oxygens (including phenoxy) is 2. The van der Waals surface area contributed by atoms with Crippen LogP contribution in [-0.4, -0.2) is 65.8 Å². The second kappa shape index (κ2) is 10.2. The molecule has 3 N–H and O–H groups in total. The zero-order valence-electron chi connectivity index (χ0n) is 15.4. The maximum atomic E-state index is 12.4. The van der Waals surface area contributed by atoms with Gasteiger partial charge in [0.1, 0.15) is 18.3 Å². The van der Waals surface area contributed by atoms with E-state index < -0.39 is 37.1 Å². The van der Waals surface area contributed by atoms with E-state index in [9.17, 15) is 15.0 Å². The number of aliphatic hydroxyl groups is 2. The number of amides is 1. The third kappa shape index (κ3) is 5.92. The number of hydrogen-bond donors (Lipinski definition) is 3. The van der Waals surface area contributed by atoms with Crippen LogP contribution in [0.15, 0.2) is 35.4 Å². The predicted octanol–water partition coefficient (Wildman–Crippen LogP) is 0.938. The first-order valence-corrected chi connectivity index (χ1v) is 8.90. The van der Waals surface area contributed by atoms with Gasteiger partial charge < -0.3 is 25.0 Å². The maximum Gasteiger partial charge on any atom is 0.249 e. The van der Waals surface area contributed by atoms with E-state index in [2.05, 4.69) is 15.3 Å². The van der Waals surface area contributed by atoms with Gasteiger partial charge in [0.05, 0.1) is 25.4 Å². The van der Waals surface area contributed by atoms with Crippen LogP contribution in [0.4, 0.5) is 0 Å². The quantitative estimate of drug-likeness (QED) is 0.351. The van der Waals surface area contributed by atoms with Crippen LogP contribution in [0.25, 0.3) is 10.4 Å². The fourth-order valence-corrected chi connectivity index (χ4v) is 3.03. The average molecular weight is 378 g/mol. The summed E-state index contributed by atoms with van der Waals surface area (Å²) in [5.41, 5.74) is 9.79. The lowest BCUT2D eigenvalue weighted by atomic mass is 9.98. The van der Waals surface area contributed by atoms with Gasteiger partial charge in [-0.15, -0.1) is 0 Å². The number of benzene rings is 1. The molecule has 1 saturated heterocycles. The van der Waals surface area contributed by atoms with Crippen LogP contribution in [0.2, 0.25) is 0 Å². The first-order chi connectivity index (χ1) is 13.0. The Labute approximate surface area is 157 Å². The lowest BCUT2D eigenvalue weighted by Gasteiger charge is -2.38. The number of nitrogens with zero attached hydrogens (tertiary/aromatic N) is 3. The molecule has 2 rings (SSSR count). The van der Waals surface area contributed by atoms with E-state index in [-0.39, 0.29) is 18.6 Å². The molecule has 1 aromatic rings.